The number of thiazole rings is 1. The Kier molecular flexibility index (Phi) is 3.22. The molecule has 2 aromatic heterocycles. The fourth-order valence-corrected chi connectivity index (χ4v) is 3.32. The van der Waals surface area contributed by atoms with Gasteiger partial charge in [0.15, 0.2) is 9.50 Å². The van der Waals surface area contributed by atoms with Crippen LogP contribution in [0.25, 0.3) is 10.2 Å². The predicted molar refractivity (Wildman–Crippen MR) is 71.7 cm³/mol. The van der Waals surface area contributed by atoms with Gasteiger partial charge in [-0.1, -0.05) is 12.1 Å². The molecule has 0 aliphatic heterocycles. The molecular weight excluding hydrogens is 266 g/mol. The van der Waals surface area contributed by atoms with Crippen molar-refractivity contribution in [2.75, 3.05) is 0 Å². The van der Waals surface area contributed by atoms with Crippen molar-refractivity contribution in [2.45, 2.75) is 16.1 Å². The fraction of sp³-hybridized carbons (Fsp3) is 0.0833. The van der Waals surface area contributed by atoms with Crippen LogP contribution in [0, 0.1) is 0 Å². The van der Waals surface area contributed by atoms with E-state index in [0.29, 0.717) is 10.7 Å². The van der Waals surface area contributed by atoms with Crippen molar-refractivity contribution in [3.05, 3.63) is 42.2 Å². The van der Waals surface area contributed by atoms with Crippen LogP contribution >= 0.6 is 23.1 Å². The number of aliphatic hydroxyl groups excluding tert-OH is 1. The Hall–Kier alpha value is -1.50. The molecule has 0 aliphatic rings. The topological polar surface area (TPSA) is 58.9 Å². The molecular formula is C12H9N3OS2. The van der Waals surface area contributed by atoms with Crippen molar-refractivity contribution in [3.63, 3.8) is 0 Å². The van der Waals surface area contributed by atoms with E-state index >= 15 is 0 Å². The number of benzene rings is 1. The lowest BCUT2D eigenvalue weighted by Gasteiger charge is -1.96. The number of nitrogens with zero attached hydrogens (tertiary/aromatic N) is 3. The first-order valence-electron chi connectivity index (χ1n) is 5.30. The lowest BCUT2D eigenvalue weighted by Crippen LogP contribution is -1.90. The second-order valence-corrected chi connectivity index (χ2v) is 5.83. The van der Waals surface area contributed by atoms with E-state index in [9.17, 15) is 0 Å². The molecule has 3 rings (SSSR count). The SMILES string of the molecule is OCc1cnc(Sc2nc3ccccc3s2)nc1. The van der Waals surface area contributed by atoms with E-state index in [4.69, 9.17) is 5.11 Å². The quantitative estimate of drug-likeness (QED) is 0.745. The molecule has 0 fully saturated rings. The molecule has 6 heteroatoms. The minimum absolute atomic E-state index is 0.0356. The third-order valence-electron chi connectivity index (χ3n) is 2.32. The maximum Gasteiger partial charge on any atom is 0.194 e. The van der Waals surface area contributed by atoms with Crippen LogP contribution in [0.2, 0.25) is 0 Å². The van der Waals surface area contributed by atoms with Crippen molar-refractivity contribution in [2.24, 2.45) is 0 Å². The van der Waals surface area contributed by atoms with E-state index in [1.165, 1.54) is 11.8 Å². The van der Waals surface area contributed by atoms with Gasteiger partial charge in [-0.2, -0.15) is 0 Å². The minimum atomic E-state index is -0.0356. The maximum atomic E-state index is 8.92. The van der Waals surface area contributed by atoms with Crippen LogP contribution < -0.4 is 0 Å². The predicted octanol–water partition coefficient (Wildman–Crippen LogP) is 2.73. The zero-order chi connectivity index (χ0) is 12.4. The van der Waals surface area contributed by atoms with Gasteiger partial charge >= 0.3 is 0 Å². The summed E-state index contributed by atoms with van der Waals surface area (Å²) in [5, 5.41) is 9.56. The van der Waals surface area contributed by atoms with Crippen molar-refractivity contribution in [1.29, 1.82) is 0 Å². The van der Waals surface area contributed by atoms with Crippen LogP contribution in [0.3, 0.4) is 0 Å². The highest BCUT2D eigenvalue weighted by molar-refractivity contribution is 8.01. The van der Waals surface area contributed by atoms with Gasteiger partial charge in [-0.05, 0) is 23.9 Å². The monoisotopic (exact) mass is 275 g/mol. The van der Waals surface area contributed by atoms with Gasteiger partial charge in [0.25, 0.3) is 0 Å². The number of rotatable bonds is 3. The van der Waals surface area contributed by atoms with Crippen molar-refractivity contribution in [1.82, 2.24) is 15.0 Å². The molecule has 0 spiro atoms. The Labute approximate surface area is 112 Å². The molecule has 0 amide bonds. The molecule has 3 aromatic rings. The zero-order valence-electron chi connectivity index (χ0n) is 9.28. The van der Waals surface area contributed by atoms with Crippen LogP contribution in [-0.2, 0) is 6.61 Å². The molecule has 2 heterocycles. The van der Waals surface area contributed by atoms with Gasteiger partial charge in [-0.3, -0.25) is 0 Å². The number of para-hydroxylation sites is 1. The standard InChI is InChI=1S/C12H9N3OS2/c16-7-8-5-13-11(14-6-8)18-12-15-9-3-1-2-4-10(9)17-12/h1-6,16H,7H2. The van der Waals surface area contributed by atoms with Gasteiger partial charge in [0.1, 0.15) is 0 Å². The van der Waals surface area contributed by atoms with E-state index in [1.807, 2.05) is 24.3 Å². The summed E-state index contributed by atoms with van der Waals surface area (Å²) in [6, 6.07) is 8.02. The summed E-state index contributed by atoms with van der Waals surface area (Å²) in [7, 11) is 0. The van der Waals surface area contributed by atoms with Gasteiger partial charge in [0.2, 0.25) is 0 Å². The molecule has 0 saturated heterocycles. The number of aliphatic hydroxyl groups is 1. The molecule has 0 bridgehead atoms. The summed E-state index contributed by atoms with van der Waals surface area (Å²) >= 11 is 3.06. The molecule has 0 unspecified atom stereocenters. The first-order valence-corrected chi connectivity index (χ1v) is 6.93. The Morgan fingerprint density at radius 2 is 1.94 bits per heavy atom. The normalized spacial score (nSPS) is 10.9. The van der Waals surface area contributed by atoms with Gasteiger partial charge in [0.05, 0.1) is 16.8 Å². The molecule has 18 heavy (non-hydrogen) atoms. The molecule has 1 aromatic carbocycles. The van der Waals surface area contributed by atoms with E-state index in [-0.39, 0.29) is 6.61 Å². The van der Waals surface area contributed by atoms with E-state index in [2.05, 4.69) is 15.0 Å². The number of aromatic nitrogens is 3. The first-order chi connectivity index (χ1) is 8.85. The summed E-state index contributed by atoms with van der Waals surface area (Å²) in [6.45, 7) is -0.0356. The number of fused-ring (bicyclic) bond motifs is 1. The summed E-state index contributed by atoms with van der Waals surface area (Å²) in [5.74, 6) is 0. The average Bonchev–Trinajstić information content (AvgIpc) is 2.82. The Morgan fingerprint density at radius 3 is 2.67 bits per heavy atom. The Balaban J connectivity index is 1.86. The van der Waals surface area contributed by atoms with Gasteiger partial charge in [0, 0.05) is 18.0 Å². The molecule has 1 N–H and O–H groups in total. The van der Waals surface area contributed by atoms with Gasteiger partial charge < -0.3 is 5.11 Å². The van der Waals surface area contributed by atoms with E-state index < -0.39 is 0 Å². The van der Waals surface area contributed by atoms with Gasteiger partial charge in [-0.25, -0.2) is 15.0 Å². The molecule has 0 saturated carbocycles. The molecule has 0 aliphatic carbocycles. The largest absolute Gasteiger partial charge is 0.392 e. The van der Waals surface area contributed by atoms with Crippen molar-refractivity contribution >= 4 is 33.3 Å². The van der Waals surface area contributed by atoms with Crippen LogP contribution in [0.5, 0.6) is 0 Å². The number of hydrogen-bond acceptors (Lipinski definition) is 6. The lowest BCUT2D eigenvalue weighted by molar-refractivity contribution is 0.280. The molecule has 0 atom stereocenters. The second kappa shape index (κ2) is 5.01. The summed E-state index contributed by atoms with van der Waals surface area (Å²) in [4.78, 5) is 12.8. The molecule has 4 nitrogen and oxygen atoms in total. The Morgan fingerprint density at radius 1 is 1.17 bits per heavy atom. The van der Waals surface area contributed by atoms with E-state index in [0.717, 1.165) is 14.6 Å². The van der Waals surface area contributed by atoms with E-state index in [1.54, 1.807) is 23.7 Å². The Bertz CT molecular complexity index is 633. The van der Waals surface area contributed by atoms with Crippen LogP contribution in [-0.4, -0.2) is 20.1 Å². The number of hydrogen-bond donors (Lipinski definition) is 1. The summed E-state index contributed by atoms with van der Waals surface area (Å²) < 4.78 is 2.08. The fourth-order valence-electron chi connectivity index (χ4n) is 1.45. The average molecular weight is 275 g/mol. The van der Waals surface area contributed by atoms with Gasteiger partial charge in [-0.15, -0.1) is 11.3 Å². The van der Waals surface area contributed by atoms with Crippen LogP contribution in [0.1, 0.15) is 5.56 Å². The highest BCUT2D eigenvalue weighted by Gasteiger charge is 2.06. The van der Waals surface area contributed by atoms with Crippen LogP contribution in [0.15, 0.2) is 46.2 Å². The third-order valence-corrected chi connectivity index (χ3v) is 4.31. The lowest BCUT2D eigenvalue weighted by atomic mass is 10.3. The molecule has 90 valence electrons. The maximum absolute atomic E-state index is 8.92. The highest BCUT2D eigenvalue weighted by atomic mass is 32.2. The second-order valence-electron chi connectivity index (χ2n) is 3.58. The zero-order valence-corrected chi connectivity index (χ0v) is 10.9. The smallest absolute Gasteiger partial charge is 0.194 e. The highest BCUT2D eigenvalue weighted by Crippen LogP contribution is 2.32. The minimum Gasteiger partial charge on any atom is -0.392 e. The van der Waals surface area contributed by atoms with Crippen molar-refractivity contribution < 1.29 is 5.11 Å². The van der Waals surface area contributed by atoms with Crippen LogP contribution in [0.4, 0.5) is 0 Å². The first kappa shape index (κ1) is 11.6. The molecule has 0 radical (unpaired) electrons. The van der Waals surface area contributed by atoms with Crippen molar-refractivity contribution in [3.8, 4) is 0 Å². The summed E-state index contributed by atoms with van der Waals surface area (Å²) in [5.41, 5.74) is 1.71. The third kappa shape index (κ3) is 2.35. The summed E-state index contributed by atoms with van der Waals surface area (Å²) in [6.07, 6.45) is 3.26.